The van der Waals surface area contributed by atoms with Gasteiger partial charge >= 0.3 is 0 Å². The number of H-pyrrole nitrogens is 1. The van der Waals surface area contributed by atoms with Crippen LogP contribution in [0.4, 0.5) is 5.95 Å². The zero-order valence-corrected chi connectivity index (χ0v) is 20.1. The first kappa shape index (κ1) is 23.5. The van der Waals surface area contributed by atoms with Crippen LogP contribution in [0.15, 0.2) is 71.9 Å². The van der Waals surface area contributed by atoms with Crippen molar-refractivity contribution in [3.63, 3.8) is 0 Å². The number of hydrogen-bond acceptors (Lipinski definition) is 7. The topological polar surface area (TPSA) is 103 Å². The predicted octanol–water partition coefficient (Wildman–Crippen LogP) is 2.58. The number of nitrogens with one attached hydrogen (secondary N) is 2. The number of rotatable bonds is 7. The van der Waals surface area contributed by atoms with E-state index in [1.165, 1.54) is 11.8 Å². The minimum absolute atomic E-state index is 0.0761. The number of benzene rings is 2. The van der Waals surface area contributed by atoms with Gasteiger partial charge in [-0.15, -0.1) is 0 Å². The highest BCUT2D eigenvalue weighted by Gasteiger charge is 2.19. The molecule has 2 aromatic heterocycles. The van der Waals surface area contributed by atoms with Crippen LogP contribution in [0.2, 0.25) is 0 Å². The molecule has 36 heavy (non-hydrogen) atoms. The molecule has 0 bridgehead atoms. The molecule has 5 rings (SSSR count). The third-order valence-electron chi connectivity index (χ3n) is 6.39. The van der Waals surface area contributed by atoms with Gasteiger partial charge in [0.05, 0.1) is 7.11 Å². The molecule has 1 aliphatic heterocycles. The number of hydrogen-bond donors (Lipinski definition) is 2. The predicted molar refractivity (Wildman–Crippen MR) is 138 cm³/mol. The molecular weight excluding hydrogens is 456 g/mol. The van der Waals surface area contributed by atoms with Crippen LogP contribution in [0, 0.1) is 0 Å². The Balaban J connectivity index is 1.19. The van der Waals surface area contributed by atoms with Crippen LogP contribution in [-0.2, 0) is 13.1 Å². The van der Waals surface area contributed by atoms with Crippen molar-refractivity contribution in [3.8, 4) is 5.75 Å². The van der Waals surface area contributed by atoms with Gasteiger partial charge in [-0.25, -0.2) is 9.97 Å². The van der Waals surface area contributed by atoms with Crippen LogP contribution in [-0.4, -0.2) is 59.0 Å². The lowest BCUT2D eigenvalue weighted by molar-refractivity contribution is 0.0949. The summed E-state index contributed by atoms with van der Waals surface area (Å²) in [7, 11) is 1.54. The monoisotopic (exact) mass is 484 g/mol. The summed E-state index contributed by atoms with van der Waals surface area (Å²) in [6, 6.07) is 15.2. The fraction of sp³-hybridized carbons (Fsp3) is 0.259. The Labute approximate surface area is 208 Å². The quantitative estimate of drug-likeness (QED) is 0.416. The standard InChI is InChI=1S/C27H28N6O3/c1-36-21-6-7-24-22(15-21)25(34)23(17-30-24)26(35)31-16-19-4-2-5-20(14-19)18-32-10-12-33(13-11-32)27-28-8-3-9-29-27/h2-9,14-15,17H,10-13,16,18H2,1H3,(H,30,34)(H,31,35). The van der Waals surface area contributed by atoms with E-state index in [2.05, 4.69) is 42.2 Å². The van der Waals surface area contributed by atoms with Crippen LogP contribution in [0.5, 0.6) is 5.75 Å². The van der Waals surface area contributed by atoms with E-state index in [-0.39, 0.29) is 11.0 Å². The number of ether oxygens (including phenoxy) is 1. The van der Waals surface area contributed by atoms with Crippen molar-refractivity contribution in [2.45, 2.75) is 13.1 Å². The van der Waals surface area contributed by atoms with Gasteiger partial charge in [0.25, 0.3) is 5.91 Å². The summed E-state index contributed by atoms with van der Waals surface area (Å²) in [5.41, 5.74) is 2.57. The Morgan fingerprint density at radius 2 is 1.81 bits per heavy atom. The first-order chi connectivity index (χ1) is 17.6. The van der Waals surface area contributed by atoms with Crippen molar-refractivity contribution in [2.24, 2.45) is 0 Å². The summed E-state index contributed by atoms with van der Waals surface area (Å²) in [5.74, 6) is 0.932. The third-order valence-corrected chi connectivity index (χ3v) is 6.39. The van der Waals surface area contributed by atoms with Gasteiger partial charge in [0.2, 0.25) is 11.4 Å². The molecule has 0 unspecified atom stereocenters. The van der Waals surface area contributed by atoms with Crippen LogP contribution >= 0.6 is 0 Å². The van der Waals surface area contributed by atoms with E-state index >= 15 is 0 Å². The molecule has 0 spiro atoms. The number of nitrogens with zero attached hydrogens (tertiary/aromatic N) is 4. The zero-order valence-electron chi connectivity index (χ0n) is 20.1. The second-order valence-corrected chi connectivity index (χ2v) is 8.76. The van der Waals surface area contributed by atoms with Gasteiger partial charge in [-0.2, -0.15) is 0 Å². The third kappa shape index (κ3) is 5.21. The number of carbonyl (C=O) groups excluding carboxylic acids is 1. The molecule has 4 aromatic rings. The maximum Gasteiger partial charge on any atom is 0.257 e. The highest BCUT2D eigenvalue weighted by Crippen LogP contribution is 2.17. The molecule has 1 amide bonds. The Morgan fingerprint density at radius 1 is 1.03 bits per heavy atom. The summed E-state index contributed by atoms with van der Waals surface area (Å²) in [6.45, 7) is 4.78. The molecular formula is C27H28N6O3. The zero-order chi connectivity index (χ0) is 24.9. The number of amides is 1. The molecule has 3 heterocycles. The number of methoxy groups -OCH3 is 1. The normalized spacial score (nSPS) is 14.1. The Kier molecular flexibility index (Phi) is 6.90. The number of aromatic amines is 1. The van der Waals surface area contributed by atoms with Crippen LogP contribution in [0.3, 0.4) is 0 Å². The highest BCUT2D eigenvalue weighted by molar-refractivity contribution is 5.97. The van der Waals surface area contributed by atoms with Crippen molar-refractivity contribution < 1.29 is 9.53 Å². The maximum absolute atomic E-state index is 12.9. The smallest absolute Gasteiger partial charge is 0.257 e. The Hall–Kier alpha value is -4.24. The van der Waals surface area contributed by atoms with Gasteiger partial charge in [-0.3, -0.25) is 14.5 Å². The molecule has 0 radical (unpaired) electrons. The van der Waals surface area contributed by atoms with E-state index in [0.29, 0.717) is 23.2 Å². The fourth-order valence-corrected chi connectivity index (χ4v) is 4.43. The number of piperazine rings is 1. The van der Waals surface area contributed by atoms with E-state index in [1.807, 2.05) is 18.2 Å². The maximum atomic E-state index is 12.9. The van der Waals surface area contributed by atoms with Crippen molar-refractivity contribution in [1.29, 1.82) is 0 Å². The molecule has 1 fully saturated rings. The molecule has 9 nitrogen and oxygen atoms in total. The van der Waals surface area contributed by atoms with Crippen LogP contribution in [0.25, 0.3) is 10.9 Å². The molecule has 0 aliphatic carbocycles. The Morgan fingerprint density at radius 3 is 2.58 bits per heavy atom. The van der Waals surface area contributed by atoms with Gasteiger partial charge in [0.15, 0.2) is 0 Å². The SMILES string of the molecule is COc1ccc2[nH]cc(C(=O)NCc3cccc(CN4CCN(c5ncccn5)CC4)c3)c(=O)c2c1. The van der Waals surface area contributed by atoms with Crippen LogP contribution < -0.4 is 20.4 Å². The Bertz CT molecular complexity index is 1410. The average Bonchev–Trinajstić information content (AvgIpc) is 2.93. The molecule has 0 atom stereocenters. The molecule has 1 aliphatic rings. The van der Waals surface area contributed by atoms with E-state index < -0.39 is 5.91 Å². The van der Waals surface area contributed by atoms with Gasteiger partial charge in [-0.05, 0) is 35.4 Å². The second kappa shape index (κ2) is 10.6. The lowest BCUT2D eigenvalue weighted by Crippen LogP contribution is -2.46. The summed E-state index contributed by atoms with van der Waals surface area (Å²) in [5, 5.41) is 3.30. The molecule has 2 aromatic carbocycles. The summed E-state index contributed by atoms with van der Waals surface area (Å²) < 4.78 is 5.21. The number of anilines is 1. The van der Waals surface area contributed by atoms with Crippen molar-refractivity contribution in [3.05, 3.63) is 94.0 Å². The number of carbonyl (C=O) groups is 1. The van der Waals surface area contributed by atoms with E-state index in [1.54, 1.807) is 37.7 Å². The number of fused-ring (bicyclic) bond motifs is 1. The van der Waals surface area contributed by atoms with E-state index in [0.717, 1.165) is 44.2 Å². The largest absolute Gasteiger partial charge is 0.497 e. The minimum Gasteiger partial charge on any atom is -0.497 e. The lowest BCUT2D eigenvalue weighted by atomic mass is 10.1. The first-order valence-corrected chi connectivity index (χ1v) is 11.9. The van der Waals surface area contributed by atoms with E-state index in [9.17, 15) is 9.59 Å². The number of pyridine rings is 1. The molecule has 9 heteroatoms. The summed E-state index contributed by atoms with van der Waals surface area (Å²) >= 11 is 0. The molecule has 184 valence electrons. The van der Waals surface area contributed by atoms with Crippen LogP contribution in [0.1, 0.15) is 21.5 Å². The highest BCUT2D eigenvalue weighted by atomic mass is 16.5. The average molecular weight is 485 g/mol. The molecule has 1 saturated heterocycles. The van der Waals surface area contributed by atoms with Crippen molar-refractivity contribution in [2.75, 3.05) is 38.2 Å². The number of aromatic nitrogens is 3. The van der Waals surface area contributed by atoms with Gasteiger partial charge in [0.1, 0.15) is 11.3 Å². The van der Waals surface area contributed by atoms with E-state index in [4.69, 9.17) is 4.74 Å². The second-order valence-electron chi connectivity index (χ2n) is 8.76. The van der Waals surface area contributed by atoms with Crippen molar-refractivity contribution >= 4 is 22.8 Å². The first-order valence-electron chi connectivity index (χ1n) is 11.9. The minimum atomic E-state index is -0.411. The van der Waals surface area contributed by atoms with Crippen molar-refractivity contribution in [1.82, 2.24) is 25.2 Å². The van der Waals surface area contributed by atoms with Gasteiger partial charge in [0, 0.05) is 68.8 Å². The molecule has 2 N–H and O–H groups in total. The lowest BCUT2D eigenvalue weighted by Gasteiger charge is -2.34. The summed E-state index contributed by atoms with van der Waals surface area (Å²) in [6.07, 6.45) is 5.00. The van der Waals surface area contributed by atoms with Gasteiger partial charge in [-0.1, -0.05) is 24.3 Å². The molecule has 0 saturated carbocycles. The fourth-order valence-electron chi connectivity index (χ4n) is 4.43. The summed E-state index contributed by atoms with van der Waals surface area (Å²) in [4.78, 5) is 42.0. The van der Waals surface area contributed by atoms with Gasteiger partial charge < -0.3 is 19.9 Å².